The average Bonchev–Trinajstić information content (AvgIpc) is 2.96. The van der Waals surface area contributed by atoms with Crippen LogP contribution in [0.4, 0.5) is 0 Å². The van der Waals surface area contributed by atoms with E-state index in [0.717, 1.165) is 27.9 Å². The maximum absolute atomic E-state index is 9.04. The molecule has 3 aromatic rings. The highest BCUT2D eigenvalue weighted by molar-refractivity contribution is 5.93. The third-order valence-electron chi connectivity index (χ3n) is 3.40. The molecule has 0 aliphatic heterocycles. The molecule has 2 aromatic carbocycles. The first-order valence-electron chi connectivity index (χ1n) is 7.29. The van der Waals surface area contributed by atoms with E-state index in [1.54, 1.807) is 6.07 Å². The lowest BCUT2D eigenvalue weighted by molar-refractivity contribution is 0.271. The van der Waals surface area contributed by atoms with Gasteiger partial charge in [0.25, 0.3) is 0 Å². The van der Waals surface area contributed by atoms with Gasteiger partial charge in [0, 0.05) is 10.9 Å². The van der Waals surface area contributed by atoms with Crippen molar-refractivity contribution in [3.05, 3.63) is 48.0 Å². The molecule has 0 spiro atoms. The Morgan fingerprint density at radius 3 is 2.64 bits per heavy atom. The highest BCUT2D eigenvalue weighted by Gasteiger charge is 2.09. The van der Waals surface area contributed by atoms with E-state index in [4.69, 9.17) is 10.00 Å². The van der Waals surface area contributed by atoms with Crippen molar-refractivity contribution in [1.29, 1.82) is 5.26 Å². The molecule has 3 rings (SSSR count). The van der Waals surface area contributed by atoms with E-state index in [0.29, 0.717) is 18.1 Å². The monoisotopic (exact) mass is 291 g/mol. The van der Waals surface area contributed by atoms with Crippen LogP contribution in [-0.2, 0) is 0 Å². The number of hydrogen-bond acceptors (Lipinski definition) is 3. The summed E-state index contributed by atoms with van der Waals surface area (Å²) in [6, 6.07) is 15.6. The Bertz CT molecular complexity index is 826. The number of ether oxygens (including phenoxy) is 1. The minimum absolute atomic E-state index is 0.499. The predicted octanol–water partition coefficient (Wildman–Crippen LogP) is 4.14. The number of nitrogens with one attached hydrogen (secondary N) is 1. The zero-order chi connectivity index (χ0) is 15.5. The number of fused-ring (bicyclic) bond motifs is 1. The molecule has 0 fully saturated rings. The molecule has 0 atom stereocenters. The zero-order valence-electron chi connectivity index (χ0n) is 12.6. The van der Waals surface area contributed by atoms with E-state index >= 15 is 0 Å². The minimum Gasteiger partial charge on any atom is -0.493 e. The van der Waals surface area contributed by atoms with Crippen LogP contribution < -0.4 is 4.74 Å². The number of H-pyrrole nitrogens is 1. The molecule has 0 radical (unpaired) electrons. The van der Waals surface area contributed by atoms with E-state index in [9.17, 15) is 0 Å². The van der Waals surface area contributed by atoms with Gasteiger partial charge < -0.3 is 4.74 Å². The van der Waals surface area contributed by atoms with Crippen LogP contribution in [0.5, 0.6) is 5.75 Å². The highest BCUT2D eigenvalue weighted by Crippen LogP contribution is 2.28. The van der Waals surface area contributed by atoms with Crippen LogP contribution >= 0.6 is 0 Å². The normalized spacial score (nSPS) is 10.8. The van der Waals surface area contributed by atoms with E-state index in [1.807, 2.05) is 36.4 Å². The summed E-state index contributed by atoms with van der Waals surface area (Å²) in [6.45, 7) is 4.95. The van der Waals surface area contributed by atoms with Crippen LogP contribution in [0.3, 0.4) is 0 Å². The molecule has 1 heterocycles. The molecule has 1 N–H and O–H groups in total. The van der Waals surface area contributed by atoms with E-state index in [-0.39, 0.29) is 0 Å². The first kappa shape index (κ1) is 14.2. The summed E-state index contributed by atoms with van der Waals surface area (Å²) >= 11 is 0. The largest absolute Gasteiger partial charge is 0.493 e. The maximum Gasteiger partial charge on any atom is 0.119 e. The lowest BCUT2D eigenvalue weighted by Crippen LogP contribution is -2.04. The van der Waals surface area contributed by atoms with Gasteiger partial charge in [-0.3, -0.25) is 5.10 Å². The van der Waals surface area contributed by atoms with Gasteiger partial charge in [0.05, 0.1) is 29.5 Å². The van der Waals surface area contributed by atoms with Crippen molar-refractivity contribution in [3.63, 3.8) is 0 Å². The zero-order valence-corrected chi connectivity index (χ0v) is 12.6. The molecule has 110 valence electrons. The van der Waals surface area contributed by atoms with Crippen molar-refractivity contribution in [2.24, 2.45) is 5.92 Å². The van der Waals surface area contributed by atoms with E-state index in [2.05, 4.69) is 30.1 Å². The van der Waals surface area contributed by atoms with Gasteiger partial charge in [-0.1, -0.05) is 13.8 Å². The van der Waals surface area contributed by atoms with Gasteiger partial charge >= 0.3 is 0 Å². The average molecular weight is 291 g/mol. The molecule has 0 unspecified atom stereocenters. The van der Waals surface area contributed by atoms with Gasteiger partial charge in [-0.2, -0.15) is 10.4 Å². The van der Waals surface area contributed by atoms with Gasteiger partial charge in [0.15, 0.2) is 0 Å². The van der Waals surface area contributed by atoms with Gasteiger partial charge in [-0.05, 0) is 48.4 Å². The molecule has 4 heteroatoms. The molecule has 0 saturated carbocycles. The summed E-state index contributed by atoms with van der Waals surface area (Å²) in [7, 11) is 0. The van der Waals surface area contributed by atoms with E-state index in [1.165, 1.54) is 0 Å². The van der Waals surface area contributed by atoms with Crippen molar-refractivity contribution in [2.45, 2.75) is 13.8 Å². The number of aromatic amines is 1. The fourth-order valence-electron chi connectivity index (χ4n) is 2.28. The fraction of sp³-hybridized carbons (Fsp3) is 0.222. The van der Waals surface area contributed by atoms with Crippen LogP contribution in [0.25, 0.3) is 22.2 Å². The van der Waals surface area contributed by atoms with Gasteiger partial charge in [-0.25, -0.2) is 0 Å². The third kappa shape index (κ3) is 2.79. The predicted molar refractivity (Wildman–Crippen MR) is 86.6 cm³/mol. The summed E-state index contributed by atoms with van der Waals surface area (Å²) in [6.07, 6.45) is 0. The van der Waals surface area contributed by atoms with Crippen molar-refractivity contribution in [3.8, 4) is 23.1 Å². The summed E-state index contributed by atoms with van der Waals surface area (Å²) in [5.41, 5.74) is 3.40. The lowest BCUT2D eigenvalue weighted by Gasteiger charge is -2.08. The van der Waals surface area contributed by atoms with Crippen LogP contribution in [0.1, 0.15) is 19.4 Å². The molecule has 22 heavy (non-hydrogen) atoms. The standard InChI is InChI=1S/C18H17N3O/c1-12(2)11-22-15-6-4-14(5-7-15)18-16-9-13(10-19)3-8-17(16)20-21-18/h3-9,12H,11H2,1-2H3,(H,20,21). The Morgan fingerprint density at radius 1 is 1.18 bits per heavy atom. The summed E-state index contributed by atoms with van der Waals surface area (Å²) in [5, 5.41) is 17.4. The SMILES string of the molecule is CC(C)COc1ccc(-c2n[nH]c3ccc(C#N)cc23)cc1. The summed E-state index contributed by atoms with van der Waals surface area (Å²) in [5.74, 6) is 1.36. The minimum atomic E-state index is 0.499. The van der Waals surface area contributed by atoms with Crippen molar-refractivity contribution < 1.29 is 4.74 Å². The van der Waals surface area contributed by atoms with Crippen LogP contribution in [-0.4, -0.2) is 16.8 Å². The highest BCUT2D eigenvalue weighted by atomic mass is 16.5. The Kier molecular flexibility index (Phi) is 3.80. The first-order valence-corrected chi connectivity index (χ1v) is 7.29. The Morgan fingerprint density at radius 2 is 1.95 bits per heavy atom. The molecule has 0 aliphatic carbocycles. The van der Waals surface area contributed by atoms with Crippen molar-refractivity contribution in [2.75, 3.05) is 6.61 Å². The fourth-order valence-corrected chi connectivity index (χ4v) is 2.28. The molecule has 4 nitrogen and oxygen atoms in total. The molecule has 0 bridgehead atoms. The number of aromatic nitrogens is 2. The van der Waals surface area contributed by atoms with Crippen LogP contribution in [0.2, 0.25) is 0 Å². The molecule has 0 saturated heterocycles. The van der Waals surface area contributed by atoms with E-state index < -0.39 is 0 Å². The maximum atomic E-state index is 9.04. The Balaban J connectivity index is 1.92. The quantitative estimate of drug-likeness (QED) is 0.786. The van der Waals surface area contributed by atoms with Crippen molar-refractivity contribution in [1.82, 2.24) is 10.2 Å². The van der Waals surface area contributed by atoms with Crippen LogP contribution in [0.15, 0.2) is 42.5 Å². The number of benzene rings is 2. The number of nitriles is 1. The van der Waals surface area contributed by atoms with Gasteiger partial charge in [0.1, 0.15) is 5.75 Å². The first-order chi connectivity index (χ1) is 10.7. The smallest absolute Gasteiger partial charge is 0.119 e. The summed E-state index contributed by atoms with van der Waals surface area (Å²) in [4.78, 5) is 0. The topological polar surface area (TPSA) is 61.7 Å². The van der Waals surface area contributed by atoms with Gasteiger partial charge in [-0.15, -0.1) is 0 Å². The Hall–Kier alpha value is -2.80. The van der Waals surface area contributed by atoms with Gasteiger partial charge in [0.2, 0.25) is 0 Å². The molecule has 0 aliphatic rings. The van der Waals surface area contributed by atoms with Crippen molar-refractivity contribution >= 4 is 10.9 Å². The molecular weight excluding hydrogens is 274 g/mol. The second-order valence-electron chi connectivity index (χ2n) is 5.67. The number of rotatable bonds is 4. The molecule has 1 aromatic heterocycles. The lowest BCUT2D eigenvalue weighted by atomic mass is 10.1. The number of hydrogen-bond donors (Lipinski definition) is 1. The molecule has 0 amide bonds. The summed E-state index contributed by atoms with van der Waals surface area (Å²) < 4.78 is 5.69. The van der Waals surface area contributed by atoms with Crippen LogP contribution in [0, 0.1) is 17.2 Å². The second-order valence-corrected chi connectivity index (χ2v) is 5.67. The third-order valence-corrected chi connectivity index (χ3v) is 3.40. The molecular formula is C18H17N3O. The number of nitrogens with zero attached hydrogens (tertiary/aromatic N) is 2. The second kappa shape index (κ2) is 5.90. The Labute approximate surface area is 129 Å².